The van der Waals surface area contributed by atoms with E-state index in [1.165, 1.54) is 25.0 Å². The standard InChI is InChI=1S/C21H23FN2O2/c22-18-8-4-6-16(12-18)15-5-3-7-17(11-15)21(25)23-19-13-26-14-20(19)24-9-1-2-10-24/h3-8,11-12,19-20H,1-2,9-10,13-14H2,(H,23,25)/t19-,20-/m1/s1. The molecule has 4 rings (SSSR count). The number of benzene rings is 2. The SMILES string of the molecule is O=C(N[C@@H]1COC[C@H]1N1CCCC1)c1cccc(-c2cccc(F)c2)c1. The largest absolute Gasteiger partial charge is 0.378 e. The van der Waals surface area contributed by atoms with Gasteiger partial charge >= 0.3 is 0 Å². The van der Waals surface area contributed by atoms with Crippen LogP contribution >= 0.6 is 0 Å². The van der Waals surface area contributed by atoms with Crippen molar-refractivity contribution in [2.24, 2.45) is 0 Å². The van der Waals surface area contributed by atoms with E-state index in [4.69, 9.17) is 4.74 Å². The third-order valence-corrected chi connectivity index (χ3v) is 5.26. The van der Waals surface area contributed by atoms with E-state index in [0.717, 1.165) is 24.2 Å². The minimum absolute atomic E-state index is 0.0124. The summed E-state index contributed by atoms with van der Waals surface area (Å²) < 4.78 is 19.1. The summed E-state index contributed by atoms with van der Waals surface area (Å²) >= 11 is 0. The number of halogens is 1. The van der Waals surface area contributed by atoms with Gasteiger partial charge in [0.25, 0.3) is 5.91 Å². The third-order valence-electron chi connectivity index (χ3n) is 5.26. The molecule has 2 aromatic carbocycles. The Morgan fingerprint density at radius 2 is 1.77 bits per heavy atom. The van der Waals surface area contributed by atoms with Gasteiger partial charge in [-0.2, -0.15) is 0 Å². The first-order valence-electron chi connectivity index (χ1n) is 9.19. The summed E-state index contributed by atoms with van der Waals surface area (Å²) in [5.74, 6) is -0.392. The van der Waals surface area contributed by atoms with Gasteiger partial charge in [0, 0.05) is 5.56 Å². The maximum absolute atomic E-state index is 13.5. The fourth-order valence-corrected chi connectivity index (χ4v) is 3.87. The molecule has 5 heteroatoms. The van der Waals surface area contributed by atoms with E-state index >= 15 is 0 Å². The van der Waals surface area contributed by atoms with Crippen molar-refractivity contribution in [1.82, 2.24) is 10.2 Å². The third kappa shape index (κ3) is 3.64. The number of amides is 1. The number of carbonyl (C=O) groups is 1. The normalized spacial score (nSPS) is 23.3. The van der Waals surface area contributed by atoms with Crippen LogP contribution in [0.2, 0.25) is 0 Å². The summed E-state index contributed by atoms with van der Waals surface area (Å²) in [6, 6.07) is 14.0. The molecule has 0 unspecified atom stereocenters. The fourth-order valence-electron chi connectivity index (χ4n) is 3.87. The molecular formula is C21H23FN2O2. The molecular weight excluding hydrogens is 331 g/mol. The Balaban J connectivity index is 1.49. The smallest absolute Gasteiger partial charge is 0.251 e. The van der Waals surface area contributed by atoms with E-state index in [1.54, 1.807) is 12.1 Å². The highest BCUT2D eigenvalue weighted by Crippen LogP contribution is 2.22. The van der Waals surface area contributed by atoms with Crippen LogP contribution in [0.3, 0.4) is 0 Å². The summed E-state index contributed by atoms with van der Waals surface area (Å²) in [5, 5.41) is 3.13. The van der Waals surface area contributed by atoms with Gasteiger partial charge in [-0.05, 0) is 61.3 Å². The average Bonchev–Trinajstić information content (AvgIpc) is 3.33. The molecule has 4 nitrogen and oxygen atoms in total. The molecule has 0 aromatic heterocycles. The summed E-state index contributed by atoms with van der Waals surface area (Å²) in [4.78, 5) is 15.2. The van der Waals surface area contributed by atoms with Gasteiger partial charge in [-0.15, -0.1) is 0 Å². The molecule has 136 valence electrons. The highest BCUT2D eigenvalue weighted by molar-refractivity contribution is 5.95. The first-order chi connectivity index (χ1) is 12.7. The van der Waals surface area contributed by atoms with Crippen LogP contribution < -0.4 is 5.32 Å². The van der Waals surface area contributed by atoms with Crippen LogP contribution in [0.5, 0.6) is 0 Å². The molecule has 2 heterocycles. The molecule has 2 aliphatic rings. The number of nitrogens with zero attached hydrogens (tertiary/aromatic N) is 1. The Bertz CT molecular complexity index is 789. The number of ether oxygens (including phenoxy) is 1. The number of nitrogens with one attached hydrogen (secondary N) is 1. The van der Waals surface area contributed by atoms with Gasteiger partial charge in [-0.25, -0.2) is 4.39 Å². The Morgan fingerprint density at radius 3 is 2.54 bits per heavy atom. The fraction of sp³-hybridized carbons (Fsp3) is 0.381. The summed E-state index contributed by atoms with van der Waals surface area (Å²) in [7, 11) is 0. The lowest BCUT2D eigenvalue weighted by atomic mass is 10.0. The molecule has 1 N–H and O–H groups in total. The molecule has 2 saturated heterocycles. The van der Waals surface area contributed by atoms with Gasteiger partial charge in [-0.3, -0.25) is 9.69 Å². The summed E-state index contributed by atoms with van der Waals surface area (Å²) in [5.41, 5.74) is 2.17. The minimum atomic E-state index is -0.283. The first kappa shape index (κ1) is 17.2. The molecule has 0 aliphatic carbocycles. The number of likely N-dealkylation sites (tertiary alicyclic amines) is 1. The van der Waals surface area contributed by atoms with E-state index in [0.29, 0.717) is 18.8 Å². The topological polar surface area (TPSA) is 41.6 Å². The predicted octanol–water partition coefficient (Wildman–Crippen LogP) is 3.09. The Labute approximate surface area is 153 Å². The highest BCUT2D eigenvalue weighted by Gasteiger charge is 2.35. The van der Waals surface area contributed by atoms with Crippen molar-refractivity contribution in [2.45, 2.75) is 24.9 Å². The molecule has 0 radical (unpaired) electrons. The monoisotopic (exact) mass is 354 g/mol. The molecule has 0 bridgehead atoms. The Kier molecular flexibility index (Phi) is 5.00. The Hall–Kier alpha value is -2.24. The van der Waals surface area contributed by atoms with E-state index in [1.807, 2.05) is 24.3 Å². The molecule has 1 amide bonds. The Morgan fingerprint density at radius 1 is 1.04 bits per heavy atom. The summed E-state index contributed by atoms with van der Waals surface area (Å²) in [6.45, 7) is 3.38. The highest BCUT2D eigenvalue weighted by atomic mass is 19.1. The van der Waals surface area contributed by atoms with Gasteiger partial charge in [0.1, 0.15) is 5.82 Å². The minimum Gasteiger partial charge on any atom is -0.378 e. The molecule has 0 spiro atoms. The molecule has 0 saturated carbocycles. The van der Waals surface area contributed by atoms with Crippen LogP contribution in [0.25, 0.3) is 11.1 Å². The lowest BCUT2D eigenvalue weighted by Crippen LogP contribution is -2.50. The van der Waals surface area contributed by atoms with E-state index in [2.05, 4.69) is 10.2 Å². The van der Waals surface area contributed by atoms with E-state index in [9.17, 15) is 9.18 Å². The maximum Gasteiger partial charge on any atom is 0.251 e. The second-order valence-corrected chi connectivity index (χ2v) is 7.02. The zero-order valence-electron chi connectivity index (χ0n) is 14.7. The van der Waals surface area contributed by atoms with Crippen LogP contribution in [-0.2, 0) is 4.74 Å². The van der Waals surface area contributed by atoms with Crippen molar-refractivity contribution in [3.8, 4) is 11.1 Å². The van der Waals surface area contributed by atoms with Crippen molar-refractivity contribution < 1.29 is 13.9 Å². The van der Waals surface area contributed by atoms with Crippen molar-refractivity contribution in [3.63, 3.8) is 0 Å². The average molecular weight is 354 g/mol. The lowest BCUT2D eigenvalue weighted by molar-refractivity contribution is 0.0916. The van der Waals surface area contributed by atoms with Gasteiger partial charge in [0.15, 0.2) is 0 Å². The zero-order valence-corrected chi connectivity index (χ0v) is 14.7. The lowest BCUT2D eigenvalue weighted by Gasteiger charge is -2.28. The second kappa shape index (κ2) is 7.56. The van der Waals surface area contributed by atoms with Gasteiger partial charge in [-0.1, -0.05) is 24.3 Å². The number of hydrogen-bond donors (Lipinski definition) is 1. The number of rotatable bonds is 4. The van der Waals surface area contributed by atoms with E-state index < -0.39 is 0 Å². The van der Waals surface area contributed by atoms with Crippen molar-refractivity contribution in [2.75, 3.05) is 26.3 Å². The van der Waals surface area contributed by atoms with Crippen LogP contribution in [-0.4, -0.2) is 49.2 Å². The second-order valence-electron chi connectivity index (χ2n) is 7.02. The summed E-state index contributed by atoms with van der Waals surface area (Å²) in [6.07, 6.45) is 2.43. The van der Waals surface area contributed by atoms with Crippen molar-refractivity contribution in [1.29, 1.82) is 0 Å². The number of hydrogen-bond acceptors (Lipinski definition) is 3. The predicted molar refractivity (Wildman–Crippen MR) is 98.5 cm³/mol. The molecule has 2 atom stereocenters. The van der Waals surface area contributed by atoms with Crippen molar-refractivity contribution >= 4 is 5.91 Å². The zero-order chi connectivity index (χ0) is 17.9. The van der Waals surface area contributed by atoms with Gasteiger partial charge < -0.3 is 10.1 Å². The maximum atomic E-state index is 13.5. The van der Waals surface area contributed by atoms with Gasteiger partial charge in [0.2, 0.25) is 0 Å². The molecule has 2 fully saturated rings. The van der Waals surface area contributed by atoms with Crippen LogP contribution in [0.4, 0.5) is 4.39 Å². The quantitative estimate of drug-likeness (QED) is 0.917. The van der Waals surface area contributed by atoms with Crippen molar-refractivity contribution in [3.05, 3.63) is 59.9 Å². The van der Waals surface area contributed by atoms with Crippen LogP contribution in [0, 0.1) is 5.82 Å². The van der Waals surface area contributed by atoms with Crippen LogP contribution in [0.1, 0.15) is 23.2 Å². The van der Waals surface area contributed by atoms with Crippen LogP contribution in [0.15, 0.2) is 48.5 Å². The van der Waals surface area contributed by atoms with Gasteiger partial charge in [0.05, 0.1) is 25.3 Å². The molecule has 2 aliphatic heterocycles. The first-order valence-corrected chi connectivity index (χ1v) is 9.19. The number of carbonyl (C=O) groups excluding carboxylic acids is 1. The van der Waals surface area contributed by atoms with E-state index in [-0.39, 0.29) is 23.8 Å². The molecule has 2 aromatic rings. The molecule has 26 heavy (non-hydrogen) atoms.